The van der Waals surface area contributed by atoms with Crippen LogP contribution in [0.3, 0.4) is 0 Å². The first-order valence-electron chi connectivity index (χ1n) is 8.25. The first kappa shape index (κ1) is 20.1. The van der Waals surface area contributed by atoms with E-state index in [2.05, 4.69) is 20.2 Å². The smallest absolute Gasteiger partial charge is 0.369 e. The number of carbonyl (C=O) groups excluding carboxylic acids is 1. The van der Waals surface area contributed by atoms with Gasteiger partial charge in [-0.15, -0.1) is 10.2 Å². The van der Waals surface area contributed by atoms with Gasteiger partial charge in [0, 0.05) is 24.9 Å². The highest BCUT2D eigenvalue weighted by Gasteiger charge is 2.38. The van der Waals surface area contributed by atoms with E-state index in [1.54, 1.807) is 19.0 Å². The number of thioether (sulfide) groups is 1. The Morgan fingerprint density at radius 3 is 2.61 bits per heavy atom. The second-order valence-corrected chi connectivity index (χ2v) is 8.05. The molecule has 1 aromatic carbocycles. The highest BCUT2D eigenvalue weighted by molar-refractivity contribution is 8.00. The Morgan fingerprint density at radius 2 is 2.00 bits per heavy atom. The Bertz CT molecular complexity index is 1070. The van der Waals surface area contributed by atoms with Crippen molar-refractivity contribution in [3.63, 3.8) is 0 Å². The molecule has 0 aliphatic rings. The second-order valence-electron chi connectivity index (χ2n) is 6.48. The number of hydrogen-bond acceptors (Lipinski definition) is 5. The largest absolute Gasteiger partial charge is 0.452 e. The number of carbonyl (C=O) groups is 1. The van der Waals surface area contributed by atoms with Crippen LogP contribution in [-0.4, -0.2) is 56.1 Å². The summed E-state index contributed by atoms with van der Waals surface area (Å²) >= 11 is 1.29. The van der Waals surface area contributed by atoms with Gasteiger partial charge in [-0.2, -0.15) is 18.2 Å². The zero-order valence-electron chi connectivity index (χ0n) is 15.5. The molecule has 0 radical (unpaired) electrons. The zero-order chi connectivity index (χ0) is 20.6. The van der Waals surface area contributed by atoms with E-state index >= 15 is 0 Å². The van der Waals surface area contributed by atoms with Crippen LogP contribution in [-0.2, 0) is 6.18 Å². The van der Waals surface area contributed by atoms with Crippen molar-refractivity contribution < 1.29 is 18.0 Å². The van der Waals surface area contributed by atoms with Crippen molar-refractivity contribution in [3.05, 3.63) is 29.6 Å². The van der Waals surface area contributed by atoms with Gasteiger partial charge in [0.05, 0.1) is 17.4 Å². The lowest BCUT2D eigenvalue weighted by Crippen LogP contribution is -2.12. The summed E-state index contributed by atoms with van der Waals surface area (Å²) in [5, 5.41) is 7.47. The Hall–Kier alpha value is -2.69. The van der Waals surface area contributed by atoms with Crippen LogP contribution < -0.4 is 0 Å². The molecule has 0 bridgehead atoms. The van der Waals surface area contributed by atoms with Crippen molar-refractivity contribution in [1.82, 2.24) is 24.5 Å². The number of amides is 1. The molecule has 0 atom stereocenters. The summed E-state index contributed by atoms with van der Waals surface area (Å²) in [6, 6.07) is 4.31. The number of fused-ring (bicyclic) bond motifs is 3. The number of aliphatic imine (C=N–C) groups is 1. The number of rotatable bonds is 4. The van der Waals surface area contributed by atoms with Gasteiger partial charge in [-0.25, -0.2) is 4.98 Å². The SMILES string of the molecule is CC(C)Sc1nc2ccc(C(=O)N=CN(C)C)cc2n2c(C(F)(F)F)nnc12. The minimum atomic E-state index is -4.71. The Kier molecular flexibility index (Phi) is 5.28. The molecule has 0 aliphatic heterocycles. The molecule has 7 nitrogen and oxygen atoms in total. The van der Waals surface area contributed by atoms with E-state index in [4.69, 9.17) is 0 Å². The number of aromatic nitrogens is 4. The van der Waals surface area contributed by atoms with E-state index in [0.29, 0.717) is 10.5 Å². The van der Waals surface area contributed by atoms with Crippen LogP contribution in [0, 0.1) is 0 Å². The molecule has 0 spiro atoms. The molecule has 3 aromatic rings. The van der Waals surface area contributed by atoms with Crippen LogP contribution in [0.4, 0.5) is 13.2 Å². The van der Waals surface area contributed by atoms with Crippen molar-refractivity contribution in [2.75, 3.05) is 14.1 Å². The van der Waals surface area contributed by atoms with Crippen molar-refractivity contribution in [2.24, 2.45) is 4.99 Å². The van der Waals surface area contributed by atoms with Crippen molar-refractivity contribution in [2.45, 2.75) is 30.3 Å². The molecule has 28 heavy (non-hydrogen) atoms. The van der Waals surface area contributed by atoms with E-state index in [1.807, 2.05) is 13.8 Å². The molecule has 0 aliphatic carbocycles. The summed E-state index contributed by atoms with van der Waals surface area (Å²) in [5.41, 5.74) is 0.528. The number of benzene rings is 1. The van der Waals surface area contributed by atoms with Gasteiger partial charge in [0.25, 0.3) is 5.91 Å². The molecule has 1 amide bonds. The second kappa shape index (κ2) is 7.38. The molecule has 0 fully saturated rings. The monoisotopic (exact) mass is 410 g/mol. The van der Waals surface area contributed by atoms with Gasteiger partial charge in [-0.3, -0.25) is 9.20 Å². The molecule has 0 saturated heterocycles. The zero-order valence-corrected chi connectivity index (χ0v) is 16.3. The molecular weight excluding hydrogens is 393 g/mol. The van der Waals surface area contributed by atoms with Gasteiger partial charge in [0.1, 0.15) is 5.03 Å². The lowest BCUT2D eigenvalue weighted by Gasteiger charge is -2.11. The van der Waals surface area contributed by atoms with E-state index < -0.39 is 17.9 Å². The van der Waals surface area contributed by atoms with Gasteiger partial charge >= 0.3 is 6.18 Å². The molecule has 3 rings (SSSR count). The maximum absolute atomic E-state index is 13.5. The van der Waals surface area contributed by atoms with E-state index in [9.17, 15) is 18.0 Å². The standard InChI is InChI=1S/C17H17F3N6OS/c1-9(2)28-15-13-23-24-16(17(18,19)20)26(13)12-7-10(5-6-11(12)22-15)14(27)21-8-25(3)4/h5-9H,1-4H3. The first-order valence-corrected chi connectivity index (χ1v) is 9.13. The molecule has 0 N–H and O–H groups in total. The number of halogens is 3. The summed E-state index contributed by atoms with van der Waals surface area (Å²) in [4.78, 5) is 22.0. The first-order chi connectivity index (χ1) is 13.1. The highest BCUT2D eigenvalue weighted by Crippen LogP contribution is 2.34. The molecule has 2 heterocycles. The summed E-state index contributed by atoms with van der Waals surface area (Å²) < 4.78 is 41.4. The van der Waals surface area contributed by atoms with Crippen LogP contribution in [0.5, 0.6) is 0 Å². The third kappa shape index (κ3) is 3.93. The van der Waals surface area contributed by atoms with Crippen LogP contribution in [0.15, 0.2) is 28.2 Å². The van der Waals surface area contributed by atoms with Crippen LogP contribution in [0.25, 0.3) is 16.7 Å². The van der Waals surface area contributed by atoms with E-state index in [1.165, 1.54) is 36.3 Å². The summed E-state index contributed by atoms with van der Waals surface area (Å²) in [5.74, 6) is -1.74. The minimum Gasteiger partial charge on any atom is -0.369 e. The van der Waals surface area contributed by atoms with E-state index in [-0.39, 0.29) is 22.0 Å². The maximum Gasteiger partial charge on any atom is 0.452 e. The summed E-state index contributed by atoms with van der Waals surface area (Å²) in [6.07, 6.45) is -3.39. The summed E-state index contributed by atoms with van der Waals surface area (Å²) in [7, 11) is 3.40. The van der Waals surface area contributed by atoms with Crippen LogP contribution in [0.1, 0.15) is 30.0 Å². The third-order valence-corrected chi connectivity index (χ3v) is 4.51. The molecule has 11 heteroatoms. The third-order valence-electron chi connectivity index (χ3n) is 3.55. The van der Waals surface area contributed by atoms with Gasteiger partial charge < -0.3 is 4.90 Å². The Labute approximate surface area is 162 Å². The molecule has 0 saturated carbocycles. The Morgan fingerprint density at radius 1 is 1.29 bits per heavy atom. The van der Waals surface area contributed by atoms with Gasteiger partial charge in [0.2, 0.25) is 5.82 Å². The van der Waals surface area contributed by atoms with E-state index in [0.717, 1.165) is 4.40 Å². The number of nitrogens with zero attached hydrogens (tertiary/aromatic N) is 6. The van der Waals surface area contributed by atoms with Crippen LogP contribution >= 0.6 is 11.8 Å². The normalized spacial score (nSPS) is 12.6. The minimum absolute atomic E-state index is 0.0000771. The number of alkyl halides is 3. The summed E-state index contributed by atoms with van der Waals surface area (Å²) in [6.45, 7) is 3.80. The molecular formula is C17H17F3N6OS. The fourth-order valence-corrected chi connectivity index (χ4v) is 3.30. The fourth-order valence-electron chi connectivity index (χ4n) is 2.47. The fraction of sp³-hybridized carbons (Fsp3) is 0.353. The Balaban J connectivity index is 2.28. The predicted molar refractivity (Wildman–Crippen MR) is 101 cm³/mol. The average Bonchev–Trinajstić information content (AvgIpc) is 3.05. The average molecular weight is 410 g/mol. The van der Waals surface area contributed by atoms with Crippen LogP contribution in [0.2, 0.25) is 0 Å². The van der Waals surface area contributed by atoms with Crippen molar-refractivity contribution in [1.29, 1.82) is 0 Å². The lowest BCUT2D eigenvalue weighted by atomic mass is 10.2. The molecule has 148 valence electrons. The van der Waals surface area contributed by atoms with Gasteiger partial charge in [-0.1, -0.05) is 25.6 Å². The van der Waals surface area contributed by atoms with Crippen molar-refractivity contribution >= 4 is 40.7 Å². The topological polar surface area (TPSA) is 75.8 Å². The highest BCUT2D eigenvalue weighted by atomic mass is 32.2. The molecule has 2 aromatic heterocycles. The molecule has 0 unspecified atom stereocenters. The predicted octanol–water partition coefficient (Wildman–Crippen LogP) is 3.53. The van der Waals surface area contributed by atoms with Gasteiger partial charge in [-0.05, 0) is 18.2 Å². The maximum atomic E-state index is 13.5. The lowest BCUT2D eigenvalue weighted by molar-refractivity contribution is -0.145. The quantitative estimate of drug-likeness (QED) is 0.372. The van der Waals surface area contributed by atoms with Crippen molar-refractivity contribution in [3.8, 4) is 0 Å². The van der Waals surface area contributed by atoms with Gasteiger partial charge in [0.15, 0.2) is 5.65 Å². The number of hydrogen-bond donors (Lipinski definition) is 0.